The fraction of sp³-hybridized carbons (Fsp3) is 0.0857. The van der Waals surface area contributed by atoms with Gasteiger partial charge in [0.2, 0.25) is 0 Å². The lowest BCUT2D eigenvalue weighted by Crippen LogP contribution is -2.24. The number of hydrogen-bond donors (Lipinski definition) is 0. The average Bonchev–Trinajstić information content (AvgIpc) is 3.61. The molecular formula is C35H25N3S. The molecule has 0 aliphatic carbocycles. The summed E-state index contributed by atoms with van der Waals surface area (Å²) in [6.45, 7) is 4.69. The molecule has 0 saturated carbocycles. The first-order chi connectivity index (χ1) is 19.1. The molecule has 4 heteroatoms. The summed E-state index contributed by atoms with van der Waals surface area (Å²) in [6, 6.07) is 36.3. The highest BCUT2D eigenvalue weighted by Crippen LogP contribution is 2.48. The molecule has 4 heterocycles. The van der Waals surface area contributed by atoms with E-state index in [1.165, 1.54) is 38.6 Å². The summed E-state index contributed by atoms with van der Waals surface area (Å²) in [4.78, 5) is 10.0. The number of rotatable bonds is 3. The first kappa shape index (κ1) is 22.4. The van der Waals surface area contributed by atoms with Crippen LogP contribution in [0.1, 0.15) is 25.0 Å². The van der Waals surface area contributed by atoms with Gasteiger partial charge in [-0.1, -0.05) is 98.8 Å². The molecule has 0 bridgehead atoms. The Labute approximate surface area is 231 Å². The summed E-state index contributed by atoms with van der Waals surface area (Å²) >= 11 is 1.79. The minimum atomic E-state index is -0.0378. The van der Waals surface area contributed by atoms with Crippen molar-refractivity contribution in [1.29, 1.82) is 0 Å². The molecule has 186 valence electrons. The second-order valence-corrected chi connectivity index (χ2v) is 11.5. The minimum absolute atomic E-state index is 0.0378. The molecule has 39 heavy (non-hydrogen) atoms. The van der Waals surface area contributed by atoms with Crippen LogP contribution in [0.5, 0.6) is 0 Å². The second kappa shape index (κ2) is 8.23. The van der Waals surface area contributed by atoms with E-state index < -0.39 is 0 Å². The molecular weight excluding hydrogens is 494 g/mol. The lowest BCUT2D eigenvalue weighted by Gasteiger charge is -2.32. The molecule has 0 fully saturated rings. The Hall–Kier alpha value is -4.54. The third-order valence-electron chi connectivity index (χ3n) is 8.14. The summed E-state index contributed by atoms with van der Waals surface area (Å²) in [6.07, 6.45) is 0. The van der Waals surface area contributed by atoms with Crippen molar-refractivity contribution < 1.29 is 0 Å². The molecule has 0 saturated heterocycles. The highest BCUT2D eigenvalue weighted by Gasteiger charge is 2.35. The molecule has 4 aromatic carbocycles. The molecule has 0 atom stereocenters. The molecule has 7 aromatic rings. The van der Waals surface area contributed by atoms with E-state index >= 15 is 0 Å². The Morgan fingerprint density at radius 2 is 1.33 bits per heavy atom. The van der Waals surface area contributed by atoms with Crippen LogP contribution in [0, 0.1) is 0 Å². The van der Waals surface area contributed by atoms with Gasteiger partial charge in [0.25, 0.3) is 0 Å². The second-order valence-electron chi connectivity index (χ2n) is 10.8. The van der Waals surface area contributed by atoms with E-state index in [9.17, 15) is 0 Å². The summed E-state index contributed by atoms with van der Waals surface area (Å²) < 4.78 is 2.46. The van der Waals surface area contributed by atoms with Gasteiger partial charge in [-0.3, -0.25) is 0 Å². The molecule has 0 amide bonds. The Morgan fingerprint density at radius 3 is 2.10 bits per heavy atom. The molecule has 0 unspecified atom stereocenters. The fourth-order valence-corrected chi connectivity index (χ4v) is 7.11. The van der Waals surface area contributed by atoms with Gasteiger partial charge in [-0.05, 0) is 34.7 Å². The van der Waals surface area contributed by atoms with Crippen molar-refractivity contribution in [3.8, 4) is 39.6 Å². The van der Waals surface area contributed by atoms with Crippen LogP contribution in [0.15, 0.2) is 114 Å². The summed E-state index contributed by atoms with van der Waals surface area (Å²) in [7, 11) is 0. The van der Waals surface area contributed by atoms with Crippen LogP contribution >= 0.6 is 11.3 Å². The SMILES string of the molecule is CC1(C)c2cscc2-n2c3ccc(-c4cc(-c5ccccc5)nc(-c5ccccc5)n4)cc3c3cccc1c32. The van der Waals surface area contributed by atoms with Crippen molar-refractivity contribution in [1.82, 2.24) is 14.5 Å². The number of nitrogens with zero attached hydrogens (tertiary/aromatic N) is 3. The monoisotopic (exact) mass is 519 g/mol. The maximum absolute atomic E-state index is 5.08. The predicted octanol–water partition coefficient (Wildman–Crippen LogP) is 9.28. The largest absolute Gasteiger partial charge is 0.308 e. The zero-order chi connectivity index (χ0) is 26.1. The standard InChI is InChI=1S/C35H25N3S/c1-35(2)27-15-9-14-25-26-18-24(16-17-31(26)38(33(25)27)32-21-39-20-28(32)35)30-19-29(22-10-5-3-6-11-22)36-34(37-30)23-12-7-4-8-13-23/h3-21H,1-2H3. The minimum Gasteiger partial charge on any atom is -0.308 e. The van der Waals surface area contributed by atoms with E-state index in [1.807, 2.05) is 24.3 Å². The molecule has 0 spiro atoms. The van der Waals surface area contributed by atoms with Gasteiger partial charge in [0.15, 0.2) is 5.82 Å². The van der Waals surface area contributed by atoms with Crippen molar-refractivity contribution in [2.24, 2.45) is 0 Å². The quantitative estimate of drug-likeness (QED) is 0.233. The number of thiophene rings is 1. The first-order valence-corrected chi connectivity index (χ1v) is 14.2. The Kier molecular flexibility index (Phi) is 4.73. The number of benzene rings is 4. The Morgan fingerprint density at radius 1 is 0.615 bits per heavy atom. The van der Waals surface area contributed by atoms with Crippen LogP contribution in [0.3, 0.4) is 0 Å². The summed E-state index contributed by atoms with van der Waals surface area (Å²) in [5, 5.41) is 7.15. The van der Waals surface area contributed by atoms with Gasteiger partial charge in [-0.15, -0.1) is 11.3 Å². The number of fused-ring (bicyclic) bond motifs is 5. The molecule has 3 aromatic heterocycles. The van der Waals surface area contributed by atoms with Gasteiger partial charge in [0, 0.05) is 38.3 Å². The van der Waals surface area contributed by atoms with Crippen LogP contribution in [0.2, 0.25) is 0 Å². The van der Waals surface area contributed by atoms with E-state index in [-0.39, 0.29) is 5.41 Å². The zero-order valence-corrected chi connectivity index (χ0v) is 22.5. The normalized spacial score (nSPS) is 13.6. The Bertz CT molecular complexity index is 1970. The highest BCUT2D eigenvalue weighted by molar-refractivity contribution is 7.08. The third-order valence-corrected chi connectivity index (χ3v) is 8.87. The third kappa shape index (κ3) is 3.28. The molecule has 0 N–H and O–H groups in total. The zero-order valence-electron chi connectivity index (χ0n) is 21.7. The lowest BCUT2D eigenvalue weighted by atomic mass is 9.76. The molecule has 1 aliphatic rings. The van der Waals surface area contributed by atoms with Gasteiger partial charge in [0.05, 0.1) is 28.1 Å². The van der Waals surface area contributed by atoms with Crippen LogP contribution in [-0.2, 0) is 5.41 Å². The van der Waals surface area contributed by atoms with E-state index in [0.717, 1.165) is 33.9 Å². The maximum Gasteiger partial charge on any atom is 0.160 e. The smallest absolute Gasteiger partial charge is 0.160 e. The van der Waals surface area contributed by atoms with Gasteiger partial charge in [0.1, 0.15) is 0 Å². The summed E-state index contributed by atoms with van der Waals surface area (Å²) in [5.74, 6) is 0.736. The van der Waals surface area contributed by atoms with Gasteiger partial charge >= 0.3 is 0 Å². The van der Waals surface area contributed by atoms with E-state index in [2.05, 4.69) is 108 Å². The molecule has 1 aliphatic heterocycles. The average molecular weight is 520 g/mol. The van der Waals surface area contributed by atoms with Crippen molar-refractivity contribution in [3.63, 3.8) is 0 Å². The van der Waals surface area contributed by atoms with Crippen molar-refractivity contribution in [2.45, 2.75) is 19.3 Å². The first-order valence-electron chi connectivity index (χ1n) is 13.2. The highest BCUT2D eigenvalue weighted by atomic mass is 32.1. The van der Waals surface area contributed by atoms with Gasteiger partial charge < -0.3 is 4.57 Å². The van der Waals surface area contributed by atoms with Crippen LogP contribution in [0.4, 0.5) is 0 Å². The van der Waals surface area contributed by atoms with Crippen molar-refractivity contribution in [3.05, 3.63) is 125 Å². The lowest BCUT2D eigenvalue weighted by molar-refractivity contribution is 0.633. The van der Waals surface area contributed by atoms with Crippen LogP contribution < -0.4 is 0 Å². The number of para-hydroxylation sites is 1. The number of hydrogen-bond acceptors (Lipinski definition) is 3. The predicted molar refractivity (Wildman–Crippen MR) is 163 cm³/mol. The van der Waals surface area contributed by atoms with Gasteiger partial charge in [-0.2, -0.15) is 0 Å². The molecule has 8 rings (SSSR count). The van der Waals surface area contributed by atoms with E-state index in [0.29, 0.717) is 0 Å². The maximum atomic E-state index is 5.08. The number of aromatic nitrogens is 3. The van der Waals surface area contributed by atoms with Crippen molar-refractivity contribution >= 4 is 33.1 Å². The van der Waals surface area contributed by atoms with Gasteiger partial charge in [-0.25, -0.2) is 9.97 Å². The topological polar surface area (TPSA) is 30.7 Å². The summed E-state index contributed by atoms with van der Waals surface area (Å²) in [5.41, 5.74) is 11.6. The van der Waals surface area contributed by atoms with Crippen LogP contribution in [0.25, 0.3) is 61.4 Å². The van der Waals surface area contributed by atoms with E-state index in [4.69, 9.17) is 9.97 Å². The molecule has 3 nitrogen and oxygen atoms in total. The van der Waals surface area contributed by atoms with E-state index in [1.54, 1.807) is 11.3 Å². The fourth-order valence-electron chi connectivity index (χ4n) is 6.13. The molecule has 0 radical (unpaired) electrons. The van der Waals surface area contributed by atoms with Crippen molar-refractivity contribution in [2.75, 3.05) is 0 Å². The Balaban J connectivity index is 1.39. The van der Waals surface area contributed by atoms with Crippen LogP contribution in [-0.4, -0.2) is 14.5 Å².